The zero-order chi connectivity index (χ0) is 20.4. The van der Waals surface area contributed by atoms with Crippen LogP contribution in [-0.4, -0.2) is 35.2 Å². The van der Waals surface area contributed by atoms with E-state index in [4.69, 9.17) is 10.00 Å². The van der Waals surface area contributed by atoms with Crippen LogP contribution in [0.15, 0.2) is 36.4 Å². The second kappa shape index (κ2) is 8.00. The maximum absolute atomic E-state index is 14.0. The fourth-order valence-electron chi connectivity index (χ4n) is 4.05. The number of benzene rings is 2. The van der Waals surface area contributed by atoms with Gasteiger partial charge in [-0.3, -0.25) is 0 Å². The number of urea groups is 1. The van der Waals surface area contributed by atoms with Gasteiger partial charge in [0.25, 0.3) is 0 Å². The van der Waals surface area contributed by atoms with Crippen molar-refractivity contribution in [3.8, 4) is 17.6 Å². The molecule has 0 radical (unpaired) electrons. The van der Waals surface area contributed by atoms with E-state index in [0.29, 0.717) is 25.9 Å². The van der Waals surface area contributed by atoms with Crippen molar-refractivity contribution in [1.82, 2.24) is 10.2 Å². The summed E-state index contributed by atoms with van der Waals surface area (Å²) in [7, 11) is 0. The zero-order valence-corrected chi connectivity index (χ0v) is 15.9. The summed E-state index contributed by atoms with van der Waals surface area (Å²) in [6.07, 6.45) is 2.56. The van der Waals surface area contributed by atoms with Gasteiger partial charge in [0, 0.05) is 25.9 Å². The number of carbonyl (C=O) groups is 1. The molecular formula is C22H22FN3O3. The van der Waals surface area contributed by atoms with Crippen molar-refractivity contribution in [3.05, 3.63) is 58.9 Å². The number of nitrogens with zero attached hydrogens (tertiary/aromatic N) is 2. The maximum atomic E-state index is 14.0. The molecule has 150 valence electrons. The first-order valence-electron chi connectivity index (χ1n) is 9.77. The number of phenolic OH excluding ortho intramolecular Hbond substituents is 1. The molecule has 1 unspecified atom stereocenters. The van der Waals surface area contributed by atoms with Gasteiger partial charge in [0.15, 0.2) is 11.6 Å². The number of nitriles is 1. The predicted molar refractivity (Wildman–Crippen MR) is 104 cm³/mol. The Labute approximate surface area is 168 Å². The SMILES string of the molecule is N#Cc1ccc(OC2CCN(C(=O)NC3CCc4c(O)cccc43)CC2)c(F)c1. The van der Waals surface area contributed by atoms with Gasteiger partial charge >= 0.3 is 6.03 Å². The lowest BCUT2D eigenvalue weighted by Gasteiger charge is -2.33. The second-order valence-electron chi connectivity index (χ2n) is 7.45. The highest BCUT2D eigenvalue weighted by Crippen LogP contribution is 2.36. The molecule has 4 rings (SSSR count). The number of rotatable bonds is 3. The molecule has 1 aliphatic heterocycles. The molecule has 0 aromatic heterocycles. The molecule has 1 heterocycles. The lowest BCUT2D eigenvalue weighted by Crippen LogP contribution is -2.47. The van der Waals surface area contributed by atoms with Gasteiger partial charge in [-0.25, -0.2) is 9.18 Å². The number of amides is 2. The van der Waals surface area contributed by atoms with Crippen molar-refractivity contribution < 1.29 is 19.0 Å². The summed E-state index contributed by atoms with van der Waals surface area (Å²) in [5.41, 5.74) is 2.14. The first-order chi connectivity index (χ1) is 14.0. The van der Waals surface area contributed by atoms with E-state index in [1.807, 2.05) is 12.1 Å². The number of carbonyl (C=O) groups excluding carboxylic acids is 1. The number of likely N-dealkylation sites (tertiary alicyclic amines) is 1. The van der Waals surface area contributed by atoms with Crippen molar-refractivity contribution in [3.63, 3.8) is 0 Å². The molecule has 29 heavy (non-hydrogen) atoms. The number of hydrogen-bond donors (Lipinski definition) is 2. The van der Waals surface area contributed by atoms with Gasteiger partial charge in [-0.2, -0.15) is 5.26 Å². The molecule has 0 spiro atoms. The summed E-state index contributed by atoms with van der Waals surface area (Å²) >= 11 is 0. The van der Waals surface area contributed by atoms with Crippen LogP contribution in [0.25, 0.3) is 0 Å². The molecule has 2 aliphatic rings. The Kier molecular flexibility index (Phi) is 5.26. The van der Waals surface area contributed by atoms with E-state index in [9.17, 15) is 14.3 Å². The molecule has 1 fully saturated rings. The number of nitrogens with one attached hydrogen (secondary N) is 1. The first kappa shape index (κ1) is 19.1. The van der Waals surface area contributed by atoms with Gasteiger partial charge in [-0.1, -0.05) is 12.1 Å². The Morgan fingerprint density at radius 2 is 2.03 bits per heavy atom. The molecule has 0 bridgehead atoms. The second-order valence-corrected chi connectivity index (χ2v) is 7.45. The standard InChI is InChI=1S/C22H22FN3O3/c23-18-12-14(13-24)4-7-21(18)29-15-8-10-26(11-9-15)22(28)25-19-6-5-17-16(19)2-1-3-20(17)27/h1-4,7,12,15,19,27H,5-6,8-11H2,(H,25,28). The quantitative estimate of drug-likeness (QED) is 0.831. The third-order valence-electron chi connectivity index (χ3n) is 5.63. The largest absolute Gasteiger partial charge is 0.508 e. The molecule has 6 nitrogen and oxygen atoms in total. The van der Waals surface area contributed by atoms with Gasteiger partial charge in [-0.15, -0.1) is 0 Å². The molecule has 1 atom stereocenters. The number of aromatic hydroxyl groups is 1. The number of phenols is 1. The van der Waals surface area contributed by atoms with Crippen molar-refractivity contribution in [2.24, 2.45) is 0 Å². The molecule has 2 amide bonds. The number of hydrogen-bond acceptors (Lipinski definition) is 4. The Morgan fingerprint density at radius 3 is 2.76 bits per heavy atom. The summed E-state index contributed by atoms with van der Waals surface area (Å²) in [6, 6.07) is 11.2. The Hall–Kier alpha value is -3.27. The van der Waals surface area contributed by atoms with Gasteiger partial charge in [-0.05, 0) is 48.2 Å². The van der Waals surface area contributed by atoms with Crippen LogP contribution in [0.3, 0.4) is 0 Å². The third-order valence-corrected chi connectivity index (χ3v) is 5.63. The summed E-state index contributed by atoms with van der Waals surface area (Å²) in [6.45, 7) is 1.04. The van der Waals surface area contributed by atoms with Crippen LogP contribution in [0.2, 0.25) is 0 Å². The van der Waals surface area contributed by atoms with Crippen LogP contribution in [0.5, 0.6) is 11.5 Å². The monoisotopic (exact) mass is 395 g/mol. The van der Waals surface area contributed by atoms with Crippen LogP contribution in [0, 0.1) is 17.1 Å². The molecule has 2 aromatic rings. The van der Waals surface area contributed by atoms with Crippen molar-refractivity contribution in [2.45, 2.75) is 37.8 Å². The predicted octanol–water partition coefficient (Wildman–Crippen LogP) is 3.64. The lowest BCUT2D eigenvalue weighted by molar-refractivity contribution is 0.106. The van der Waals surface area contributed by atoms with Gasteiger partial charge < -0.3 is 20.1 Å². The number of piperidine rings is 1. The topological polar surface area (TPSA) is 85.6 Å². The molecule has 2 N–H and O–H groups in total. The minimum atomic E-state index is -0.549. The summed E-state index contributed by atoms with van der Waals surface area (Å²) < 4.78 is 19.7. The Morgan fingerprint density at radius 1 is 1.24 bits per heavy atom. The molecule has 0 saturated carbocycles. The number of ether oxygens (including phenoxy) is 1. The van der Waals surface area contributed by atoms with E-state index in [0.717, 1.165) is 30.0 Å². The van der Waals surface area contributed by atoms with Gasteiger partial charge in [0.2, 0.25) is 0 Å². The summed E-state index contributed by atoms with van der Waals surface area (Å²) in [4.78, 5) is 14.4. The summed E-state index contributed by atoms with van der Waals surface area (Å²) in [5.74, 6) is -0.131. The minimum absolute atomic E-state index is 0.0914. The smallest absolute Gasteiger partial charge is 0.317 e. The minimum Gasteiger partial charge on any atom is -0.508 e. The Balaban J connectivity index is 1.31. The van der Waals surface area contributed by atoms with Gasteiger partial charge in [0.1, 0.15) is 11.9 Å². The summed E-state index contributed by atoms with van der Waals surface area (Å²) in [5, 5.41) is 21.8. The van der Waals surface area contributed by atoms with E-state index in [2.05, 4.69) is 5.32 Å². The molecular weight excluding hydrogens is 373 g/mol. The van der Waals surface area contributed by atoms with Gasteiger partial charge in [0.05, 0.1) is 17.7 Å². The van der Waals surface area contributed by atoms with E-state index >= 15 is 0 Å². The average molecular weight is 395 g/mol. The Bertz CT molecular complexity index is 964. The van der Waals surface area contributed by atoms with Crippen LogP contribution in [0.1, 0.15) is 42.0 Å². The molecule has 2 aromatic carbocycles. The van der Waals surface area contributed by atoms with E-state index < -0.39 is 5.82 Å². The van der Waals surface area contributed by atoms with Crippen molar-refractivity contribution >= 4 is 6.03 Å². The fraction of sp³-hybridized carbons (Fsp3) is 0.364. The van der Waals surface area contributed by atoms with Crippen molar-refractivity contribution in [2.75, 3.05) is 13.1 Å². The fourth-order valence-corrected chi connectivity index (χ4v) is 4.05. The highest BCUT2D eigenvalue weighted by atomic mass is 19.1. The van der Waals surface area contributed by atoms with Crippen LogP contribution in [-0.2, 0) is 6.42 Å². The highest BCUT2D eigenvalue weighted by Gasteiger charge is 2.29. The van der Waals surface area contributed by atoms with E-state index in [-0.39, 0.29) is 35.2 Å². The number of halogens is 1. The first-order valence-corrected chi connectivity index (χ1v) is 9.77. The molecule has 1 saturated heterocycles. The zero-order valence-electron chi connectivity index (χ0n) is 15.9. The number of fused-ring (bicyclic) bond motifs is 1. The average Bonchev–Trinajstić information content (AvgIpc) is 3.14. The molecule has 7 heteroatoms. The third kappa shape index (κ3) is 3.97. The van der Waals surface area contributed by atoms with E-state index in [1.165, 1.54) is 12.1 Å². The van der Waals surface area contributed by atoms with Crippen LogP contribution < -0.4 is 10.1 Å². The van der Waals surface area contributed by atoms with E-state index in [1.54, 1.807) is 17.0 Å². The van der Waals surface area contributed by atoms with Crippen LogP contribution in [0.4, 0.5) is 9.18 Å². The molecule has 1 aliphatic carbocycles. The van der Waals surface area contributed by atoms with Crippen LogP contribution >= 0.6 is 0 Å². The highest BCUT2D eigenvalue weighted by molar-refractivity contribution is 5.75. The normalized spacial score (nSPS) is 18.8. The van der Waals surface area contributed by atoms with Crippen molar-refractivity contribution in [1.29, 1.82) is 5.26 Å². The lowest BCUT2D eigenvalue weighted by atomic mass is 10.1. The maximum Gasteiger partial charge on any atom is 0.317 e.